The van der Waals surface area contributed by atoms with Gasteiger partial charge in [-0.1, -0.05) is 32.4 Å². The minimum absolute atomic E-state index is 0.00304. The van der Waals surface area contributed by atoms with Crippen molar-refractivity contribution in [3.8, 4) is 16.2 Å². The minimum atomic E-state index is -0.166. The van der Waals surface area contributed by atoms with Crippen molar-refractivity contribution in [1.29, 1.82) is 0 Å². The van der Waals surface area contributed by atoms with Gasteiger partial charge >= 0.3 is 0 Å². The number of ketones is 1. The van der Waals surface area contributed by atoms with E-state index in [-0.39, 0.29) is 23.2 Å². The SMILES string of the molecule is CC(=O)c1ccc(-c2cc(Cl)c3c(c2)CCC(CNC(=O)/C=C/c2cnc(C(C)(C)C)s2)O3)s1. The Morgan fingerprint density at radius 1 is 1.26 bits per heavy atom. The summed E-state index contributed by atoms with van der Waals surface area (Å²) in [4.78, 5) is 31.0. The summed E-state index contributed by atoms with van der Waals surface area (Å²) in [5.41, 5.74) is 2.03. The van der Waals surface area contributed by atoms with E-state index < -0.39 is 0 Å². The number of hydrogen-bond acceptors (Lipinski definition) is 6. The molecule has 0 saturated carbocycles. The molecule has 0 radical (unpaired) electrons. The molecule has 1 aromatic carbocycles. The van der Waals surface area contributed by atoms with Gasteiger partial charge in [0.15, 0.2) is 5.78 Å². The minimum Gasteiger partial charge on any atom is -0.487 e. The van der Waals surface area contributed by atoms with E-state index in [1.807, 2.05) is 18.2 Å². The van der Waals surface area contributed by atoms with Crippen molar-refractivity contribution >= 4 is 52.0 Å². The van der Waals surface area contributed by atoms with E-state index in [1.165, 1.54) is 17.4 Å². The van der Waals surface area contributed by atoms with Crippen molar-refractivity contribution in [2.45, 2.75) is 52.1 Å². The molecule has 8 heteroatoms. The van der Waals surface area contributed by atoms with Gasteiger partial charge in [0.1, 0.15) is 11.9 Å². The van der Waals surface area contributed by atoms with Crippen LogP contribution in [0.4, 0.5) is 0 Å². The molecule has 1 aliphatic rings. The number of aryl methyl sites for hydroxylation is 1. The molecule has 5 nitrogen and oxygen atoms in total. The third kappa shape index (κ3) is 5.77. The molecule has 1 N–H and O–H groups in total. The maximum atomic E-state index is 12.3. The first kappa shape index (κ1) is 24.6. The van der Waals surface area contributed by atoms with E-state index >= 15 is 0 Å². The maximum absolute atomic E-state index is 12.3. The lowest BCUT2D eigenvalue weighted by atomic mass is 9.98. The Bertz CT molecular complexity index is 1250. The molecule has 178 valence electrons. The second-order valence-corrected chi connectivity index (χ2v) is 11.9. The van der Waals surface area contributed by atoms with E-state index in [4.69, 9.17) is 16.3 Å². The average Bonchev–Trinajstić information content (AvgIpc) is 3.46. The Labute approximate surface area is 212 Å². The third-order valence-electron chi connectivity index (χ3n) is 5.45. The molecule has 2 aromatic heterocycles. The van der Waals surface area contributed by atoms with Crippen molar-refractivity contribution < 1.29 is 14.3 Å². The second-order valence-electron chi connectivity index (χ2n) is 9.34. The predicted octanol–water partition coefficient (Wildman–Crippen LogP) is 6.55. The van der Waals surface area contributed by atoms with Crippen molar-refractivity contribution in [1.82, 2.24) is 10.3 Å². The molecule has 1 unspecified atom stereocenters. The number of rotatable bonds is 6. The highest BCUT2D eigenvalue weighted by Crippen LogP contribution is 2.40. The van der Waals surface area contributed by atoms with Crippen LogP contribution in [0.5, 0.6) is 5.75 Å². The number of halogens is 1. The van der Waals surface area contributed by atoms with E-state index in [2.05, 4.69) is 37.1 Å². The zero-order valence-corrected chi connectivity index (χ0v) is 22.0. The first-order valence-corrected chi connectivity index (χ1v) is 13.1. The van der Waals surface area contributed by atoms with Crippen LogP contribution in [-0.2, 0) is 16.6 Å². The largest absolute Gasteiger partial charge is 0.487 e. The van der Waals surface area contributed by atoms with Crippen LogP contribution in [0.15, 0.2) is 36.5 Å². The number of benzene rings is 1. The first-order valence-electron chi connectivity index (χ1n) is 11.1. The van der Waals surface area contributed by atoms with Crippen LogP contribution in [0.3, 0.4) is 0 Å². The van der Waals surface area contributed by atoms with Gasteiger partial charge in [-0.15, -0.1) is 22.7 Å². The Morgan fingerprint density at radius 2 is 2.06 bits per heavy atom. The van der Waals surface area contributed by atoms with Gasteiger partial charge in [-0.2, -0.15) is 0 Å². The summed E-state index contributed by atoms with van der Waals surface area (Å²) in [6.07, 6.45) is 6.56. The Hall–Kier alpha value is -2.48. The molecule has 1 aliphatic heterocycles. The molecule has 0 spiro atoms. The Morgan fingerprint density at radius 3 is 2.74 bits per heavy atom. The molecule has 0 saturated heterocycles. The number of thiophene rings is 1. The molecule has 3 heterocycles. The quantitative estimate of drug-likeness (QED) is 0.299. The molecule has 1 atom stereocenters. The van der Waals surface area contributed by atoms with Crippen LogP contribution in [0.1, 0.15) is 59.2 Å². The van der Waals surface area contributed by atoms with Crippen LogP contribution in [-0.4, -0.2) is 29.3 Å². The van der Waals surface area contributed by atoms with Crippen molar-refractivity contribution in [2.24, 2.45) is 0 Å². The van der Waals surface area contributed by atoms with Crippen molar-refractivity contribution in [3.05, 3.63) is 61.9 Å². The number of thiazole rings is 1. The van der Waals surface area contributed by atoms with Gasteiger partial charge in [-0.05, 0) is 61.2 Å². The summed E-state index contributed by atoms with van der Waals surface area (Å²) in [6.45, 7) is 8.33. The van der Waals surface area contributed by atoms with Gasteiger partial charge in [0.2, 0.25) is 5.91 Å². The predicted molar refractivity (Wildman–Crippen MR) is 140 cm³/mol. The summed E-state index contributed by atoms with van der Waals surface area (Å²) in [5, 5.41) is 4.51. The number of amides is 1. The lowest BCUT2D eigenvalue weighted by Gasteiger charge is -2.27. The van der Waals surface area contributed by atoms with Crippen LogP contribution in [0, 0.1) is 0 Å². The standard InChI is InChI=1S/C26H27ClN2O3S2/c1-15(30)21-8-9-22(34-21)17-11-16-5-6-18(32-24(16)20(27)12-17)13-28-23(31)10-7-19-14-29-25(33-19)26(2,3)4/h7-12,14,18H,5-6,13H2,1-4H3,(H,28,31)/b10-7+. The van der Waals surface area contributed by atoms with Crippen LogP contribution >= 0.6 is 34.3 Å². The molecule has 0 bridgehead atoms. The fraction of sp³-hybridized carbons (Fsp3) is 0.346. The number of Topliss-reactive ketones (excluding diaryl/α,β-unsaturated/α-hetero) is 1. The monoisotopic (exact) mass is 514 g/mol. The number of nitrogens with zero attached hydrogens (tertiary/aromatic N) is 1. The van der Waals surface area contributed by atoms with Crippen molar-refractivity contribution in [3.63, 3.8) is 0 Å². The second kappa shape index (κ2) is 10.0. The molecule has 0 aliphatic carbocycles. The Kier molecular flexibility index (Phi) is 7.26. The zero-order chi connectivity index (χ0) is 24.5. The van der Waals surface area contributed by atoms with Crippen LogP contribution < -0.4 is 10.1 Å². The van der Waals surface area contributed by atoms with Gasteiger partial charge in [0, 0.05) is 27.4 Å². The fourth-order valence-electron chi connectivity index (χ4n) is 3.62. The first-order chi connectivity index (χ1) is 16.1. The zero-order valence-electron chi connectivity index (χ0n) is 19.6. The average molecular weight is 515 g/mol. The number of ether oxygens (including phenoxy) is 1. The van der Waals surface area contributed by atoms with E-state index in [1.54, 1.807) is 30.5 Å². The molecule has 0 fully saturated rings. The highest BCUT2D eigenvalue weighted by molar-refractivity contribution is 7.17. The maximum Gasteiger partial charge on any atom is 0.244 e. The smallest absolute Gasteiger partial charge is 0.244 e. The molecular weight excluding hydrogens is 488 g/mol. The summed E-state index contributed by atoms with van der Waals surface area (Å²) < 4.78 is 6.12. The molecule has 34 heavy (non-hydrogen) atoms. The number of carbonyl (C=O) groups is 2. The summed E-state index contributed by atoms with van der Waals surface area (Å²) in [5.74, 6) is 0.569. The number of nitrogens with one attached hydrogen (secondary N) is 1. The number of carbonyl (C=O) groups excluding carboxylic acids is 2. The van der Waals surface area contributed by atoms with E-state index in [9.17, 15) is 9.59 Å². The summed E-state index contributed by atoms with van der Waals surface area (Å²) in [7, 11) is 0. The molecule has 4 rings (SSSR count). The van der Waals surface area contributed by atoms with Gasteiger partial charge in [-0.3, -0.25) is 9.59 Å². The van der Waals surface area contributed by atoms with Gasteiger partial charge < -0.3 is 10.1 Å². The third-order valence-corrected chi connectivity index (χ3v) is 8.35. The van der Waals surface area contributed by atoms with E-state index in [0.29, 0.717) is 17.3 Å². The van der Waals surface area contributed by atoms with Gasteiger partial charge in [-0.25, -0.2) is 4.98 Å². The highest BCUT2D eigenvalue weighted by Gasteiger charge is 2.24. The van der Waals surface area contributed by atoms with Crippen molar-refractivity contribution in [2.75, 3.05) is 6.54 Å². The normalized spacial score (nSPS) is 15.7. The number of fused-ring (bicyclic) bond motifs is 1. The van der Waals surface area contributed by atoms with Crippen LogP contribution in [0.25, 0.3) is 16.5 Å². The number of aromatic nitrogens is 1. The van der Waals surface area contributed by atoms with E-state index in [0.717, 1.165) is 43.6 Å². The summed E-state index contributed by atoms with van der Waals surface area (Å²) in [6, 6.07) is 7.75. The topological polar surface area (TPSA) is 68.3 Å². The number of hydrogen-bond donors (Lipinski definition) is 1. The van der Waals surface area contributed by atoms with Gasteiger partial charge in [0.25, 0.3) is 0 Å². The van der Waals surface area contributed by atoms with Gasteiger partial charge in [0.05, 0.1) is 21.5 Å². The fourth-order valence-corrected chi connectivity index (χ4v) is 5.67. The lowest BCUT2D eigenvalue weighted by molar-refractivity contribution is -0.116. The lowest BCUT2D eigenvalue weighted by Crippen LogP contribution is -2.36. The summed E-state index contributed by atoms with van der Waals surface area (Å²) >= 11 is 9.61. The molecule has 3 aromatic rings. The Balaban J connectivity index is 1.35. The molecular formula is C26H27ClN2O3S2. The molecule has 1 amide bonds. The highest BCUT2D eigenvalue weighted by atomic mass is 35.5. The van der Waals surface area contributed by atoms with Crippen LogP contribution in [0.2, 0.25) is 5.02 Å².